The first-order valence-corrected chi connectivity index (χ1v) is 8.62. The summed E-state index contributed by atoms with van der Waals surface area (Å²) in [6, 6.07) is 5.94. The third kappa shape index (κ3) is 1.74. The first-order chi connectivity index (χ1) is 10.6. The number of nitrogens with one attached hydrogen (secondary N) is 1. The number of hydrogen-bond donors (Lipinski definition) is 1. The fraction of sp³-hybridized carbons (Fsp3) is 0.579. The van der Waals surface area contributed by atoms with Gasteiger partial charge in [-0.1, -0.05) is 6.07 Å². The Labute approximate surface area is 130 Å². The van der Waals surface area contributed by atoms with Crippen LogP contribution in [0.1, 0.15) is 49.9 Å². The highest BCUT2D eigenvalue weighted by Gasteiger charge is 2.52. The molecule has 0 aliphatic heterocycles. The second-order valence-corrected chi connectivity index (χ2v) is 8.13. The average molecular weight is 294 g/mol. The van der Waals surface area contributed by atoms with Gasteiger partial charge in [-0.15, -0.1) is 0 Å². The second kappa shape index (κ2) is 4.21. The molecule has 0 unspecified atom stereocenters. The highest BCUT2D eigenvalue weighted by Crippen LogP contribution is 2.60. The molecule has 4 fully saturated rings. The van der Waals surface area contributed by atoms with Crippen LogP contribution in [0.5, 0.6) is 0 Å². The van der Waals surface area contributed by atoms with Crippen molar-refractivity contribution in [3.8, 4) is 0 Å². The summed E-state index contributed by atoms with van der Waals surface area (Å²) in [5.41, 5.74) is 2.23. The molecule has 1 N–H and O–H groups in total. The van der Waals surface area contributed by atoms with E-state index >= 15 is 0 Å². The Balaban J connectivity index is 1.69. The van der Waals surface area contributed by atoms with E-state index in [4.69, 9.17) is 4.98 Å². The summed E-state index contributed by atoms with van der Waals surface area (Å²) in [4.78, 5) is 20.6. The fourth-order valence-corrected chi connectivity index (χ4v) is 5.90. The van der Waals surface area contributed by atoms with Gasteiger partial charge in [0, 0.05) is 5.41 Å². The van der Waals surface area contributed by atoms with E-state index in [1.165, 1.54) is 44.1 Å². The van der Waals surface area contributed by atoms with Gasteiger partial charge < -0.3 is 4.98 Å². The fourth-order valence-electron chi connectivity index (χ4n) is 5.90. The summed E-state index contributed by atoms with van der Waals surface area (Å²) in [6.45, 7) is 2.06. The summed E-state index contributed by atoms with van der Waals surface area (Å²) in [5, 5.41) is 0.721. The Morgan fingerprint density at radius 3 is 2.36 bits per heavy atom. The second-order valence-electron chi connectivity index (χ2n) is 8.13. The lowest BCUT2D eigenvalue weighted by Crippen LogP contribution is -2.49. The van der Waals surface area contributed by atoms with Crippen LogP contribution in [-0.2, 0) is 5.41 Å². The third-order valence-corrected chi connectivity index (χ3v) is 6.40. The van der Waals surface area contributed by atoms with Gasteiger partial charge >= 0.3 is 0 Å². The molecular formula is C19H22N2O. The maximum atomic E-state index is 12.5. The SMILES string of the molecule is Cc1ccc2c(=O)[nH]c(C34CC5CC(CC(C5)C3)C4)nc2c1. The molecule has 3 heteroatoms. The standard InChI is InChI=1S/C19H22N2O/c1-11-2-3-15-16(4-11)20-18(21-17(15)22)19-8-12-5-13(9-19)7-14(6-12)10-19/h2-4,12-14H,5-10H2,1H3,(H,20,21,22). The number of hydrogen-bond acceptors (Lipinski definition) is 2. The first-order valence-electron chi connectivity index (χ1n) is 8.62. The number of aromatic nitrogens is 2. The summed E-state index contributed by atoms with van der Waals surface area (Å²) in [5.74, 6) is 3.58. The molecule has 0 spiro atoms. The lowest BCUT2D eigenvalue weighted by Gasteiger charge is -2.56. The van der Waals surface area contributed by atoms with Crippen molar-refractivity contribution in [3.63, 3.8) is 0 Å². The van der Waals surface area contributed by atoms with Crippen molar-refractivity contribution in [2.75, 3.05) is 0 Å². The number of rotatable bonds is 1. The van der Waals surface area contributed by atoms with Crippen LogP contribution in [0.2, 0.25) is 0 Å². The first kappa shape index (κ1) is 12.9. The predicted molar refractivity (Wildman–Crippen MR) is 87.0 cm³/mol. The van der Waals surface area contributed by atoms with Crippen LogP contribution in [-0.4, -0.2) is 9.97 Å². The molecule has 0 amide bonds. The summed E-state index contributed by atoms with van der Waals surface area (Å²) in [6.07, 6.45) is 7.94. The van der Waals surface area contributed by atoms with Gasteiger partial charge in [-0.3, -0.25) is 4.79 Å². The van der Waals surface area contributed by atoms with Crippen LogP contribution in [0.4, 0.5) is 0 Å². The van der Waals surface area contributed by atoms with Crippen molar-refractivity contribution >= 4 is 10.9 Å². The number of aryl methyl sites for hydroxylation is 1. The predicted octanol–water partition coefficient (Wildman–Crippen LogP) is 3.70. The number of fused-ring (bicyclic) bond motifs is 1. The highest BCUT2D eigenvalue weighted by molar-refractivity contribution is 5.78. The molecule has 0 atom stereocenters. The number of H-pyrrole nitrogens is 1. The van der Waals surface area contributed by atoms with E-state index in [1.807, 2.05) is 12.1 Å². The summed E-state index contributed by atoms with van der Waals surface area (Å²) in [7, 11) is 0. The van der Waals surface area contributed by atoms with Crippen LogP contribution < -0.4 is 5.56 Å². The Morgan fingerprint density at radius 2 is 1.73 bits per heavy atom. The molecule has 1 aromatic heterocycles. The minimum atomic E-state index is 0.0377. The van der Waals surface area contributed by atoms with E-state index < -0.39 is 0 Å². The molecule has 1 aromatic carbocycles. The van der Waals surface area contributed by atoms with E-state index in [2.05, 4.69) is 18.0 Å². The van der Waals surface area contributed by atoms with E-state index in [0.717, 1.165) is 34.5 Å². The Hall–Kier alpha value is -1.64. The third-order valence-electron chi connectivity index (χ3n) is 6.40. The molecule has 1 heterocycles. The number of nitrogens with zero attached hydrogens (tertiary/aromatic N) is 1. The smallest absolute Gasteiger partial charge is 0.258 e. The molecule has 114 valence electrons. The quantitative estimate of drug-likeness (QED) is 0.871. The van der Waals surface area contributed by atoms with Gasteiger partial charge in [0.15, 0.2) is 0 Å². The Bertz CT molecular complexity index is 785. The van der Waals surface area contributed by atoms with Crippen molar-refractivity contribution in [2.24, 2.45) is 17.8 Å². The van der Waals surface area contributed by atoms with E-state index in [9.17, 15) is 4.79 Å². The maximum Gasteiger partial charge on any atom is 0.258 e. The van der Waals surface area contributed by atoms with Gasteiger partial charge in [-0.2, -0.15) is 0 Å². The number of aromatic amines is 1. The zero-order chi connectivity index (χ0) is 14.9. The Morgan fingerprint density at radius 1 is 1.09 bits per heavy atom. The largest absolute Gasteiger partial charge is 0.310 e. The topological polar surface area (TPSA) is 45.8 Å². The highest BCUT2D eigenvalue weighted by atomic mass is 16.1. The molecule has 0 radical (unpaired) electrons. The summed E-state index contributed by atoms with van der Waals surface area (Å²) >= 11 is 0. The van der Waals surface area contributed by atoms with E-state index in [1.54, 1.807) is 0 Å². The van der Waals surface area contributed by atoms with E-state index in [-0.39, 0.29) is 11.0 Å². The zero-order valence-electron chi connectivity index (χ0n) is 13.1. The minimum absolute atomic E-state index is 0.0377. The molecule has 4 aliphatic rings. The molecule has 22 heavy (non-hydrogen) atoms. The zero-order valence-corrected chi connectivity index (χ0v) is 13.1. The van der Waals surface area contributed by atoms with Crippen LogP contribution in [0.3, 0.4) is 0 Å². The molecule has 4 saturated carbocycles. The van der Waals surface area contributed by atoms with Gasteiger partial charge in [0.25, 0.3) is 5.56 Å². The monoisotopic (exact) mass is 294 g/mol. The van der Waals surface area contributed by atoms with Crippen molar-refractivity contribution in [1.29, 1.82) is 0 Å². The van der Waals surface area contributed by atoms with Crippen LogP contribution in [0.15, 0.2) is 23.0 Å². The van der Waals surface area contributed by atoms with Crippen LogP contribution in [0, 0.1) is 24.7 Å². The molecule has 4 aliphatic carbocycles. The van der Waals surface area contributed by atoms with E-state index in [0.29, 0.717) is 0 Å². The lowest BCUT2D eigenvalue weighted by molar-refractivity contribution is -0.00933. The molecule has 0 saturated heterocycles. The molecule has 6 rings (SSSR count). The van der Waals surface area contributed by atoms with Gasteiger partial charge in [-0.25, -0.2) is 4.98 Å². The van der Waals surface area contributed by atoms with Crippen molar-refractivity contribution in [3.05, 3.63) is 39.9 Å². The van der Waals surface area contributed by atoms with Gasteiger partial charge in [0.2, 0.25) is 0 Å². The molecule has 2 aromatic rings. The van der Waals surface area contributed by atoms with Crippen molar-refractivity contribution in [2.45, 2.75) is 50.9 Å². The molecule has 4 bridgehead atoms. The van der Waals surface area contributed by atoms with Gasteiger partial charge in [0.05, 0.1) is 10.9 Å². The maximum absolute atomic E-state index is 12.5. The van der Waals surface area contributed by atoms with Crippen molar-refractivity contribution in [1.82, 2.24) is 9.97 Å². The normalized spacial score (nSPS) is 36.1. The minimum Gasteiger partial charge on any atom is -0.310 e. The van der Waals surface area contributed by atoms with Gasteiger partial charge in [-0.05, 0) is 80.9 Å². The molecular weight excluding hydrogens is 272 g/mol. The van der Waals surface area contributed by atoms with Gasteiger partial charge in [0.1, 0.15) is 5.82 Å². The average Bonchev–Trinajstić information content (AvgIpc) is 2.45. The Kier molecular flexibility index (Phi) is 2.46. The lowest BCUT2D eigenvalue weighted by atomic mass is 9.49. The van der Waals surface area contributed by atoms with Crippen LogP contribution >= 0.6 is 0 Å². The summed E-state index contributed by atoms with van der Waals surface area (Å²) < 4.78 is 0. The molecule has 3 nitrogen and oxygen atoms in total. The number of benzene rings is 1. The van der Waals surface area contributed by atoms with Crippen LogP contribution in [0.25, 0.3) is 10.9 Å². The van der Waals surface area contributed by atoms with Crippen molar-refractivity contribution < 1.29 is 0 Å².